The summed E-state index contributed by atoms with van der Waals surface area (Å²) >= 11 is 3.54. The fraction of sp³-hybridized carbons (Fsp3) is 0.600. The summed E-state index contributed by atoms with van der Waals surface area (Å²) in [5.41, 5.74) is 4.84. The van der Waals surface area contributed by atoms with E-state index >= 15 is 0 Å². The minimum atomic E-state index is 0.388. The topological polar surface area (TPSA) is 38.0 Å². The van der Waals surface area contributed by atoms with Gasteiger partial charge in [-0.1, -0.05) is 47.8 Å². The van der Waals surface area contributed by atoms with Crippen LogP contribution in [0.2, 0.25) is 0 Å². The Labute approximate surface area is 118 Å². The lowest BCUT2D eigenvalue weighted by molar-refractivity contribution is 0.185. The van der Waals surface area contributed by atoms with Crippen molar-refractivity contribution in [3.05, 3.63) is 34.3 Å². The van der Waals surface area contributed by atoms with E-state index in [0.717, 1.165) is 10.9 Å². The highest BCUT2D eigenvalue weighted by Crippen LogP contribution is 2.44. The molecule has 3 heteroatoms. The van der Waals surface area contributed by atoms with E-state index in [1.165, 1.54) is 37.7 Å². The van der Waals surface area contributed by atoms with E-state index in [0.29, 0.717) is 11.5 Å². The van der Waals surface area contributed by atoms with Gasteiger partial charge < -0.3 is 0 Å². The summed E-state index contributed by atoms with van der Waals surface area (Å²) in [7, 11) is 0. The molecule has 1 aliphatic rings. The van der Waals surface area contributed by atoms with Crippen LogP contribution in [-0.4, -0.2) is 6.04 Å². The Morgan fingerprint density at radius 2 is 2.11 bits per heavy atom. The lowest BCUT2D eigenvalue weighted by Gasteiger charge is -2.36. The van der Waals surface area contributed by atoms with Crippen molar-refractivity contribution in [3.63, 3.8) is 0 Å². The van der Waals surface area contributed by atoms with Gasteiger partial charge in [0.15, 0.2) is 0 Å². The molecule has 1 fully saturated rings. The van der Waals surface area contributed by atoms with E-state index in [-0.39, 0.29) is 0 Å². The normalized spacial score (nSPS) is 19.9. The van der Waals surface area contributed by atoms with Crippen molar-refractivity contribution in [2.75, 3.05) is 0 Å². The molecule has 1 aromatic carbocycles. The van der Waals surface area contributed by atoms with Gasteiger partial charge in [-0.05, 0) is 48.8 Å². The Balaban J connectivity index is 2.13. The SMILES string of the molecule is CCC1(C(Cc2cccc(Br)c2)NN)CCCC1. The first kappa shape index (κ1) is 14.0. The number of nitrogens with one attached hydrogen (secondary N) is 1. The number of hydrogen-bond donors (Lipinski definition) is 2. The maximum Gasteiger partial charge on any atom is 0.0307 e. The van der Waals surface area contributed by atoms with E-state index in [1.807, 2.05) is 0 Å². The molecular formula is C15H23BrN2. The van der Waals surface area contributed by atoms with Gasteiger partial charge in [0.25, 0.3) is 0 Å². The van der Waals surface area contributed by atoms with Crippen molar-refractivity contribution in [1.29, 1.82) is 0 Å². The van der Waals surface area contributed by atoms with Crippen LogP contribution in [0.5, 0.6) is 0 Å². The molecule has 1 unspecified atom stereocenters. The molecule has 0 heterocycles. The van der Waals surface area contributed by atoms with Crippen molar-refractivity contribution >= 4 is 15.9 Å². The highest BCUT2D eigenvalue weighted by molar-refractivity contribution is 9.10. The van der Waals surface area contributed by atoms with Crippen LogP contribution in [0.1, 0.15) is 44.6 Å². The highest BCUT2D eigenvalue weighted by Gasteiger charge is 2.39. The maximum atomic E-state index is 5.84. The van der Waals surface area contributed by atoms with Gasteiger partial charge >= 0.3 is 0 Å². The van der Waals surface area contributed by atoms with E-state index in [4.69, 9.17) is 5.84 Å². The highest BCUT2D eigenvalue weighted by atomic mass is 79.9. The fourth-order valence-corrected chi connectivity index (χ4v) is 3.83. The Kier molecular flexibility index (Phi) is 4.82. The standard InChI is InChI=1S/C15H23BrN2/c1-2-15(8-3-4-9-15)14(18-17)11-12-6-5-7-13(16)10-12/h5-7,10,14,18H,2-4,8-9,11,17H2,1H3. The minimum Gasteiger partial charge on any atom is -0.271 e. The van der Waals surface area contributed by atoms with Gasteiger partial charge in [-0.2, -0.15) is 0 Å². The van der Waals surface area contributed by atoms with Crippen LogP contribution >= 0.6 is 15.9 Å². The third-order valence-electron chi connectivity index (χ3n) is 4.57. The van der Waals surface area contributed by atoms with Gasteiger partial charge in [0, 0.05) is 10.5 Å². The van der Waals surface area contributed by atoms with Crippen LogP contribution in [-0.2, 0) is 6.42 Å². The average Bonchev–Trinajstić information content (AvgIpc) is 2.86. The molecule has 0 radical (unpaired) electrons. The molecule has 0 amide bonds. The van der Waals surface area contributed by atoms with Crippen molar-refractivity contribution < 1.29 is 0 Å². The van der Waals surface area contributed by atoms with Crippen molar-refractivity contribution in [2.45, 2.75) is 51.5 Å². The number of halogens is 1. The molecule has 0 saturated heterocycles. The first-order chi connectivity index (χ1) is 8.70. The molecule has 3 N–H and O–H groups in total. The van der Waals surface area contributed by atoms with Crippen molar-refractivity contribution in [3.8, 4) is 0 Å². The van der Waals surface area contributed by atoms with Crippen LogP contribution in [0.15, 0.2) is 28.7 Å². The zero-order valence-electron chi connectivity index (χ0n) is 11.1. The van der Waals surface area contributed by atoms with Crippen LogP contribution in [0.3, 0.4) is 0 Å². The smallest absolute Gasteiger partial charge is 0.0307 e. The first-order valence-electron chi connectivity index (χ1n) is 6.91. The summed E-state index contributed by atoms with van der Waals surface area (Å²) in [6.45, 7) is 2.30. The number of hydrogen-bond acceptors (Lipinski definition) is 2. The van der Waals surface area contributed by atoms with Gasteiger partial charge in [0.1, 0.15) is 0 Å². The monoisotopic (exact) mass is 310 g/mol. The molecule has 0 spiro atoms. The Morgan fingerprint density at radius 3 is 2.67 bits per heavy atom. The van der Waals surface area contributed by atoms with Crippen LogP contribution < -0.4 is 11.3 Å². The predicted octanol–water partition coefficient (Wildman–Crippen LogP) is 3.79. The molecule has 2 rings (SSSR count). The fourth-order valence-electron chi connectivity index (χ4n) is 3.38. The zero-order chi connectivity index (χ0) is 13.0. The van der Waals surface area contributed by atoms with Crippen LogP contribution in [0, 0.1) is 5.41 Å². The van der Waals surface area contributed by atoms with E-state index in [2.05, 4.69) is 52.5 Å². The van der Waals surface area contributed by atoms with Crippen LogP contribution in [0.25, 0.3) is 0 Å². The first-order valence-corrected chi connectivity index (χ1v) is 7.70. The Morgan fingerprint density at radius 1 is 1.39 bits per heavy atom. The summed E-state index contributed by atoms with van der Waals surface area (Å²) in [5.74, 6) is 5.84. The molecule has 0 bridgehead atoms. The van der Waals surface area contributed by atoms with Crippen molar-refractivity contribution in [2.24, 2.45) is 11.3 Å². The van der Waals surface area contributed by atoms with Crippen molar-refractivity contribution in [1.82, 2.24) is 5.43 Å². The molecule has 100 valence electrons. The zero-order valence-corrected chi connectivity index (χ0v) is 12.7. The molecule has 0 aliphatic heterocycles. The second-order valence-corrected chi connectivity index (χ2v) is 6.39. The molecule has 1 atom stereocenters. The molecule has 1 saturated carbocycles. The third kappa shape index (κ3) is 2.95. The summed E-state index contributed by atoms with van der Waals surface area (Å²) in [4.78, 5) is 0. The molecule has 2 nitrogen and oxygen atoms in total. The quantitative estimate of drug-likeness (QED) is 0.641. The Hall–Kier alpha value is -0.380. The Bertz CT molecular complexity index is 386. The lowest BCUT2D eigenvalue weighted by Crippen LogP contribution is -2.48. The molecule has 18 heavy (non-hydrogen) atoms. The van der Waals surface area contributed by atoms with Crippen LogP contribution in [0.4, 0.5) is 0 Å². The molecule has 0 aromatic heterocycles. The third-order valence-corrected chi connectivity index (χ3v) is 5.07. The van der Waals surface area contributed by atoms with Gasteiger partial charge in [0.2, 0.25) is 0 Å². The molecular weight excluding hydrogens is 288 g/mol. The molecule has 1 aliphatic carbocycles. The maximum absolute atomic E-state index is 5.84. The summed E-state index contributed by atoms with van der Waals surface area (Å²) in [5, 5.41) is 0. The summed E-state index contributed by atoms with van der Waals surface area (Å²) in [6, 6.07) is 8.94. The minimum absolute atomic E-state index is 0.388. The average molecular weight is 311 g/mol. The lowest BCUT2D eigenvalue weighted by atomic mass is 9.74. The van der Waals surface area contributed by atoms with E-state index < -0.39 is 0 Å². The van der Waals surface area contributed by atoms with Gasteiger partial charge in [-0.3, -0.25) is 11.3 Å². The number of rotatable bonds is 5. The van der Waals surface area contributed by atoms with Gasteiger partial charge in [0.05, 0.1) is 0 Å². The number of nitrogens with two attached hydrogens (primary N) is 1. The van der Waals surface area contributed by atoms with Gasteiger partial charge in [-0.15, -0.1) is 0 Å². The second kappa shape index (κ2) is 6.18. The van der Waals surface area contributed by atoms with E-state index in [9.17, 15) is 0 Å². The summed E-state index contributed by atoms with van der Waals surface area (Å²) in [6.07, 6.45) is 7.56. The summed E-state index contributed by atoms with van der Waals surface area (Å²) < 4.78 is 1.15. The number of hydrazine groups is 1. The predicted molar refractivity (Wildman–Crippen MR) is 80.1 cm³/mol. The molecule has 1 aromatic rings. The largest absolute Gasteiger partial charge is 0.271 e. The second-order valence-electron chi connectivity index (χ2n) is 5.48. The van der Waals surface area contributed by atoms with Gasteiger partial charge in [-0.25, -0.2) is 0 Å². The number of benzene rings is 1. The van der Waals surface area contributed by atoms with E-state index in [1.54, 1.807) is 0 Å².